The Balaban J connectivity index is 1.47. The van der Waals surface area contributed by atoms with Crippen LogP contribution in [-0.2, 0) is 11.2 Å². The Kier molecular flexibility index (Phi) is 7.06. The molecular weight excluding hydrogens is 352 g/mol. The van der Waals surface area contributed by atoms with E-state index >= 15 is 0 Å². The van der Waals surface area contributed by atoms with Crippen LogP contribution in [0.3, 0.4) is 0 Å². The second-order valence-corrected chi connectivity index (χ2v) is 7.12. The van der Waals surface area contributed by atoms with Crippen LogP contribution in [0.2, 0.25) is 0 Å². The molecule has 148 valence electrons. The Morgan fingerprint density at radius 3 is 2.68 bits per heavy atom. The molecule has 2 N–H and O–H groups in total. The molecule has 0 saturated carbocycles. The molecule has 5 heteroatoms. The van der Waals surface area contributed by atoms with Gasteiger partial charge in [0, 0.05) is 5.56 Å². The highest BCUT2D eigenvalue weighted by Gasteiger charge is 2.21. The second-order valence-electron chi connectivity index (χ2n) is 7.12. The van der Waals surface area contributed by atoms with Crippen LogP contribution in [0, 0.1) is 0 Å². The molecular formula is C23H28N2O3. The number of nitrogens with one attached hydrogen (secondary N) is 2. The van der Waals surface area contributed by atoms with Gasteiger partial charge < -0.3 is 15.4 Å². The zero-order valence-corrected chi connectivity index (χ0v) is 16.4. The second kappa shape index (κ2) is 9.93. The Hall–Kier alpha value is -2.82. The Morgan fingerprint density at radius 2 is 1.89 bits per heavy atom. The molecule has 2 aromatic rings. The first-order chi connectivity index (χ1) is 13.7. The maximum Gasteiger partial charge on any atom is 0.251 e. The van der Waals surface area contributed by atoms with Crippen molar-refractivity contribution in [1.82, 2.24) is 10.6 Å². The number of unbranched alkanes of at least 4 members (excludes halogenated alkanes) is 1. The summed E-state index contributed by atoms with van der Waals surface area (Å²) in [5.41, 5.74) is 3.00. The van der Waals surface area contributed by atoms with E-state index in [0.29, 0.717) is 12.2 Å². The minimum Gasteiger partial charge on any atom is -0.494 e. The van der Waals surface area contributed by atoms with Gasteiger partial charge in [-0.1, -0.05) is 37.6 Å². The van der Waals surface area contributed by atoms with Gasteiger partial charge in [0.05, 0.1) is 19.2 Å². The smallest absolute Gasteiger partial charge is 0.251 e. The molecule has 28 heavy (non-hydrogen) atoms. The molecule has 0 bridgehead atoms. The summed E-state index contributed by atoms with van der Waals surface area (Å²) >= 11 is 0. The molecule has 1 aliphatic rings. The van der Waals surface area contributed by atoms with Crippen LogP contribution in [0.5, 0.6) is 5.75 Å². The molecule has 1 atom stereocenters. The highest BCUT2D eigenvalue weighted by Crippen LogP contribution is 2.29. The number of carbonyl (C=O) groups excluding carboxylic acids is 2. The first-order valence-corrected chi connectivity index (χ1v) is 10.1. The minimum absolute atomic E-state index is 0.0221. The van der Waals surface area contributed by atoms with Crippen molar-refractivity contribution in [3.63, 3.8) is 0 Å². The third kappa shape index (κ3) is 5.35. The Morgan fingerprint density at radius 1 is 1.11 bits per heavy atom. The molecule has 2 aromatic carbocycles. The number of fused-ring (bicyclic) bond motifs is 1. The van der Waals surface area contributed by atoms with Crippen molar-refractivity contribution in [3.8, 4) is 5.75 Å². The highest BCUT2D eigenvalue weighted by atomic mass is 16.5. The van der Waals surface area contributed by atoms with Crippen molar-refractivity contribution in [2.75, 3.05) is 13.2 Å². The van der Waals surface area contributed by atoms with Crippen molar-refractivity contribution in [2.45, 2.75) is 45.1 Å². The maximum absolute atomic E-state index is 12.3. The largest absolute Gasteiger partial charge is 0.494 e. The van der Waals surface area contributed by atoms with Crippen molar-refractivity contribution in [3.05, 3.63) is 65.2 Å². The Labute approximate surface area is 166 Å². The van der Waals surface area contributed by atoms with E-state index in [-0.39, 0.29) is 24.4 Å². The normalized spacial score (nSPS) is 15.4. The fourth-order valence-corrected chi connectivity index (χ4v) is 3.45. The van der Waals surface area contributed by atoms with Gasteiger partial charge in [-0.05, 0) is 61.1 Å². The SMILES string of the molecule is CCCCOc1ccc(C(=O)NCC(=O)N[C@@H]2CCCc3ccccc32)cc1. The maximum atomic E-state index is 12.3. The molecule has 0 saturated heterocycles. The summed E-state index contributed by atoms with van der Waals surface area (Å²) in [6, 6.07) is 15.2. The number of amides is 2. The van der Waals surface area contributed by atoms with Gasteiger partial charge in [0.15, 0.2) is 0 Å². The highest BCUT2D eigenvalue weighted by molar-refractivity contribution is 5.96. The lowest BCUT2D eigenvalue weighted by Crippen LogP contribution is -2.39. The van der Waals surface area contributed by atoms with Crippen LogP contribution < -0.4 is 15.4 Å². The third-order valence-electron chi connectivity index (χ3n) is 5.00. The predicted molar refractivity (Wildman–Crippen MR) is 109 cm³/mol. The van der Waals surface area contributed by atoms with Crippen LogP contribution in [0.25, 0.3) is 0 Å². The number of benzene rings is 2. The summed E-state index contributed by atoms with van der Waals surface area (Å²) < 4.78 is 5.60. The van der Waals surface area contributed by atoms with Gasteiger partial charge in [0.1, 0.15) is 5.75 Å². The van der Waals surface area contributed by atoms with Gasteiger partial charge in [-0.25, -0.2) is 0 Å². The molecule has 0 heterocycles. The quantitative estimate of drug-likeness (QED) is 0.685. The number of hydrogen-bond acceptors (Lipinski definition) is 3. The van der Waals surface area contributed by atoms with E-state index in [9.17, 15) is 9.59 Å². The molecule has 0 spiro atoms. The zero-order chi connectivity index (χ0) is 19.8. The van der Waals surface area contributed by atoms with E-state index in [1.807, 2.05) is 12.1 Å². The number of carbonyl (C=O) groups is 2. The summed E-state index contributed by atoms with van der Waals surface area (Å²) in [6.07, 6.45) is 5.12. The first kappa shape index (κ1) is 19.9. The first-order valence-electron chi connectivity index (χ1n) is 10.1. The molecule has 1 aliphatic carbocycles. The van der Waals surface area contributed by atoms with Crippen molar-refractivity contribution < 1.29 is 14.3 Å². The summed E-state index contributed by atoms with van der Waals surface area (Å²) in [6.45, 7) is 2.75. The minimum atomic E-state index is -0.265. The summed E-state index contributed by atoms with van der Waals surface area (Å²) in [4.78, 5) is 24.6. The molecule has 0 unspecified atom stereocenters. The monoisotopic (exact) mass is 380 g/mol. The van der Waals surface area contributed by atoms with Crippen LogP contribution in [-0.4, -0.2) is 25.0 Å². The van der Waals surface area contributed by atoms with Crippen LogP contribution in [0.1, 0.15) is 60.1 Å². The van der Waals surface area contributed by atoms with E-state index in [1.54, 1.807) is 24.3 Å². The molecule has 2 amide bonds. The van der Waals surface area contributed by atoms with E-state index in [2.05, 4.69) is 29.7 Å². The third-order valence-corrected chi connectivity index (χ3v) is 5.00. The van der Waals surface area contributed by atoms with Crippen molar-refractivity contribution in [1.29, 1.82) is 0 Å². The van der Waals surface area contributed by atoms with E-state index in [0.717, 1.165) is 37.9 Å². The van der Waals surface area contributed by atoms with Gasteiger partial charge in [-0.3, -0.25) is 9.59 Å². The average molecular weight is 380 g/mol. The zero-order valence-electron chi connectivity index (χ0n) is 16.4. The number of aryl methyl sites for hydroxylation is 1. The van der Waals surface area contributed by atoms with Gasteiger partial charge >= 0.3 is 0 Å². The van der Waals surface area contributed by atoms with Gasteiger partial charge in [-0.2, -0.15) is 0 Å². The Bertz CT molecular complexity index is 802. The molecule has 0 aliphatic heterocycles. The van der Waals surface area contributed by atoms with E-state index in [1.165, 1.54) is 11.1 Å². The summed E-state index contributed by atoms with van der Waals surface area (Å²) in [5.74, 6) is 0.313. The molecule has 5 nitrogen and oxygen atoms in total. The number of ether oxygens (including phenoxy) is 1. The van der Waals surface area contributed by atoms with Crippen molar-refractivity contribution >= 4 is 11.8 Å². The molecule has 0 aromatic heterocycles. The van der Waals surface area contributed by atoms with Gasteiger partial charge in [0.2, 0.25) is 5.91 Å². The van der Waals surface area contributed by atoms with Crippen LogP contribution in [0.4, 0.5) is 0 Å². The molecule has 0 radical (unpaired) electrons. The number of rotatable bonds is 8. The van der Waals surface area contributed by atoms with Crippen LogP contribution >= 0.6 is 0 Å². The lowest BCUT2D eigenvalue weighted by molar-refractivity contribution is -0.121. The van der Waals surface area contributed by atoms with Crippen LogP contribution in [0.15, 0.2) is 48.5 Å². The summed E-state index contributed by atoms with van der Waals surface area (Å²) in [7, 11) is 0. The van der Waals surface area contributed by atoms with Gasteiger partial charge in [-0.15, -0.1) is 0 Å². The van der Waals surface area contributed by atoms with E-state index < -0.39 is 0 Å². The average Bonchev–Trinajstić information content (AvgIpc) is 2.73. The number of hydrogen-bond donors (Lipinski definition) is 2. The lowest BCUT2D eigenvalue weighted by atomic mass is 9.88. The fourth-order valence-electron chi connectivity index (χ4n) is 3.45. The lowest BCUT2D eigenvalue weighted by Gasteiger charge is -2.26. The van der Waals surface area contributed by atoms with Crippen molar-refractivity contribution in [2.24, 2.45) is 0 Å². The molecule has 3 rings (SSSR count). The van der Waals surface area contributed by atoms with Gasteiger partial charge in [0.25, 0.3) is 5.91 Å². The fraction of sp³-hybridized carbons (Fsp3) is 0.391. The van der Waals surface area contributed by atoms with E-state index in [4.69, 9.17) is 4.74 Å². The topological polar surface area (TPSA) is 67.4 Å². The predicted octanol–water partition coefficient (Wildman–Crippen LogP) is 3.79. The molecule has 0 fully saturated rings. The standard InChI is InChI=1S/C23H28N2O3/c1-2-3-15-28-19-13-11-18(12-14-19)23(27)24-16-22(26)25-21-10-6-8-17-7-4-5-9-20(17)21/h4-5,7,9,11-14,21H,2-3,6,8,10,15-16H2,1H3,(H,24,27)(H,25,26)/t21-/m1/s1. The summed E-state index contributed by atoms with van der Waals surface area (Å²) in [5, 5.41) is 5.74.